The Balaban J connectivity index is 1.66. The van der Waals surface area contributed by atoms with Crippen LogP contribution in [0.2, 0.25) is 0 Å². The maximum Gasteiger partial charge on any atom is 0.327 e. The summed E-state index contributed by atoms with van der Waals surface area (Å²) in [7, 11) is 0. The van der Waals surface area contributed by atoms with Crippen LogP contribution in [0.15, 0.2) is 47.7 Å². The van der Waals surface area contributed by atoms with E-state index in [4.69, 9.17) is 0 Å². The zero-order valence-electron chi connectivity index (χ0n) is 13.4. The molecule has 7 heteroatoms. The second-order valence-electron chi connectivity index (χ2n) is 5.50. The van der Waals surface area contributed by atoms with Crippen molar-refractivity contribution in [2.75, 3.05) is 6.54 Å². The van der Waals surface area contributed by atoms with E-state index in [0.29, 0.717) is 24.3 Å². The third-order valence-electron chi connectivity index (χ3n) is 3.99. The first-order valence-electron chi connectivity index (χ1n) is 7.92. The number of hydrogen-bond acceptors (Lipinski definition) is 4. The quantitative estimate of drug-likeness (QED) is 0.717. The first-order chi connectivity index (χ1) is 11.7. The Morgan fingerprint density at radius 3 is 2.88 bits per heavy atom. The highest BCUT2D eigenvalue weighted by Crippen LogP contribution is 2.19. The molecule has 2 N–H and O–H groups in total. The molecular formula is C17H19N5O2. The summed E-state index contributed by atoms with van der Waals surface area (Å²) in [5.41, 5.74) is 1.87. The molecule has 0 fully saturated rings. The number of hydrogen-bond donors (Lipinski definition) is 2. The van der Waals surface area contributed by atoms with Crippen molar-refractivity contribution in [1.82, 2.24) is 24.8 Å². The minimum Gasteiger partial charge on any atom is -0.354 e. The molecule has 0 unspecified atom stereocenters. The number of nitrogens with one attached hydrogen (secondary N) is 2. The Bertz CT molecular complexity index is 885. The van der Waals surface area contributed by atoms with Crippen molar-refractivity contribution in [3.8, 4) is 0 Å². The fourth-order valence-electron chi connectivity index (χ4n) is 2.78. The smallest absolute Gasteiger partial charge is 0.327 e. The number of benzene rings is 1. The standard InChI is InChI=1S/C17H19N5O2/c1-2-13(12-6-4-3-5-7-12)16(23)19-8-9-22-15-14(21-17(22)24)10-18-11-20-15/h3-7,10-11,13H,2,8-9H2,1H3,(H,19,23)(H,21,24)/t13-/m1/s1. The van der Waals surface area contributed by atoms with Gasteiger partial charge in [-0.3, -0.25) is 9.36 Å². The van der Waals surface area contributed by atoms with Gasteiger partial charge in [0, 0.05) is 13.1 Å². The van der Waals surface area contributed by atoms with Crippen LogP contribution in [0.25, 0.3) is 11.2 Å². The van der Waals surface area contributed by atoms with Crippen LogP contribution in [-0.4, -0.2) is 32.0 Å². The SMILES string of the molecule is CC[C@@H](C(=O)NCCn1c(=O)[nH]c2cncnc21)c1ccccc1. The van der Waals surface area contributed by atoms with Crippen molar-refractivity contribution in [2.24, 2.45) is 0 Å². The lowest BCUT2D eigenvalue weighted by molar-refractivity contribution is -0.122. The molecule has 3 aromatic rings. The molecule has 0 aliphatic rings. The van der Waals surface area contributed by atoms with Gasteiger partial charge in [-0.25, -0.2) is 14.8 Å². The highest BCUT2D eigenvalue weighted by molar-refractivity contribution is 5.83. The van der Waals surface area contributed by atoms with Crippen molar-refractivity contribution in [1.29, 1.82) is 0 Å². The number of nitrogens with zero attached hydrogens (tertiary/aromatic N) is 3. The Labute approximate surface area is 138 Å². The zero-order valence-corrected chi connectivity index (χ0v) is 13.4. The summed E-state index contributed by atoms with van der Waals surface area (Å²) >= 11 is 0. The van der Waals surface area contributed by atoms with Crippen molar-refractivity contribution < 1.29 is 4.79 Å². The van der Waals surface area contributed by atoms with E-state index < -0.39 is 0 Å². The molecule has 0 saturated carbocycles. The topological polar surface area (TPSA) is 92.7 Å². The molecule has 7 nitrogen and oxygen atoms in total. The van der Waals surface area contributed by atoms with Gasteiger partial charge in [0.15, 0.2) is 5.65 Å². The highest BCUT2D eigenvalue weighted by atomic mass is 16.2. The zero-order chi connectivity index (χ0) is 16.9. The number of rotatable bonds is 6. The number of H-pyrrole nitrogens is 1. The molecule has 2 aromatic heterocycles. The van der Waals surface area contributed by atoms with Gasteiger partial charge < -0.3 is 10.3 Å². The van der Waals surface area contributed by atoms with Crippen molar-refractivity contribution in [3.63, 3.8) is 0 Å². The minimum absolute atomic E-state index is 0.0359. The van der Waals surface area contributed by atoms with Gasteiger partial charge in [-0.2, -0.15) is 0 Å². The summed E-state index contributed by atoms with van der Waals surface area (Å²) in [6.45, 7) is 2.70. The van der Waals surface area contributed by atoms with E-state index in [1.165, 1.54) is 10.9 Å². The molecule has 0 aliphatic heterocycles. The maximum absolute atomic E-state index is 12.4. The van der Waals surface area contributed by atoms with Gasteiger partial charge in [0.1, 0.15) is 11.8 Å². The van der Waals surface area contributed by atoms with Crippen LogP contribution in [0, 0.1) is 0 Å². The predicted molar refractivity (Wildman–Crippen MR) is 90.6 cm³/mol. The fraction of sp³-hybridized carbons (Fsp3) is 0.294. The van der Waals surface area contributed by atoms with Crippen LogP contribution < -0.4 is 11.0 Å². The summed E-state index contributed by atoms with van der Waals surface area (Å²) < 4.78 is 1.50. The number of imidazole rings is 1. The fourth-order valence-corrected chi connectivity index (χ4v) is 2.78. The van der Waals surface area contributed by atoms with E-state index in [1.807, 2.05) is 37.3 Å². The van der Waals surface area contributed by atoms with Gasteiger partial charge >= 0.3 is 5.69 Å². The minimum atomic E-state index is -0.255. The molecule has 0 radical (unpaired) electrons. The van der Waals surface area contributed by atoms with Crippen LogP contribution in [0.3, 0.4) is 0 Å². The highest BCUT2D eigenvalue weighted by Gasteiger charge is 2.18. The number of aromatic nitrogens is 4. The van der Waals surface area contributed by atoms with Gasteiger partial charge in [-0.15, -0.1) is 0 Å². The Morgan fingerprint density at radius 2 is 2.12 bits per heavy atom. The second kappa shape index (κ2) is 7.08. The van der Waals surface area contributed by atoms with Crippen molar-refractivity contribution in [2.45, 2.75) is 25.8 Å². The Morgan fingerprint density at radius 1 is 1.33 bits per heavy atom. The van der Waals surface area contributed by atoms with E-state index in [2.05, 4.69) is 20.3 Å². The number of carbonyl (C=O) groups excluding carboxylic acids is 1. The Hall–Kier alpha value is -2.96. The molecule has 124 valence electrons. The van der Waals surface area contributed by atoms with Gasteiger partial charge in [0.25, 0.3) is 0 Å². The van der Waals surface area contributed by atoms with E-state index in [-0.39, 0.29) is 17.5 Å². The molecule has 0 aliphatic carbocycles. The van der Waals surface area contributed by atoms with Crippen molar-refractivity contribution >= 4 is 17.1 Å². The largest absolute Gasteiger partial charge is 0.354 e. The summed E-state index contributed by atoms with van der Waals surface area (Å²) in [5.74, 6) is -0.223. The lowest BCUT2D eigenvalue weighted by atomic mass is 9.96. The first kappa shape index (κ1) is 15.9. The first-order valence-corrected chi connectivity index (χ1v) is 7.92. The third-order valence-corrected chi connectivity index (χ3v) is 3.99. The average Bonchev–Trinajstić information content (AvgIpc) is 2.92. The lowest BCUT2D eigenvalue weighted by Crippen LogP contribution is -2.33. The molecular weight excluding hydrogens is 306 g/mol. The third kappa shape index (κ3) is 3.19. The molecule has 0 spiro atoms. The molecule has 1 amide bonds. The van der Waals surface area contributed by atoms with Gasteiger partial charge in [0.05, 0.1) is 12.1 Å². The van der Waals surface area contributed by atoms with E-state index in [1.54, 1.807) is 6.20 Å². The van der Waals surface area contributed by atoms with E-state index in [9.17, 15) is 9.59 Å². The van der Waals surface area contributed by atoms with Crippen LogP contribution in [-0.2, 0) is 11.3 Å². The number of fused-ring (bicyclic) bond motifs is 1. The lowest BCUT2D eigenvalue weighted by Gasteiger charge is -2.15. The second-order valence-corrected chi connectivity index (χ2v) is 5.50. The van der Waals surface area contributed by atoms with Crippen molar-refractivity contribution in [3.05, 3.63) is 58.9 Å². The van der Waals surface area contributed by atoms with E-state index in [0.717, 1.165) is 12.0 Å². The maximum atomic E-state index is 12.4. The van der Waals surface area contributed by atoms with Crippen LogP contribution in [0.4, 0.5) is 0 Å². The summed E-state index contributed by atoms with van der Waals surface area (Å²) in [5, 5.41) is 2.91. The molecule has 1 atom stereocenters. The molecule has 2 heterocycles. The molecule has 0 bridgehead atoms. The Kier molecular flexibility index (Phi) is 4.69. The molecule has 0 saturated heterocycles. The average molecular weight is 325 g/mol. The predicted octanol–water partition coefficient (Wildman–Crippen LogP) is 1.43. The molecule has 3 rings (SSSR count). The summed E-state index contributed by atoms with van der Waals surface area (Å²) in [6, 6.07) is 9.69. The van der Waals surface area contributed by atoms with E-state index >= 15 is 0 Å². The summed E-state index contributed by atoms with van der Waals surface area (Å²) in [6.07, 6.45) is 3.67. The normalized spacial score (nSPS) is 12.2. The monoisotopic (exact) mass is 325 g/mol. The molecule has 24 heavy (non-hydrogen) atoms. The van der Waals surface area contributed by atoms with Gasteiger partial charge in [0.2, 0.25) is 5.91 Å². The van der Waals surface area contributed by atoms with Gasteiger partial charge in [-0.1, -0.05) is 37.3 Å². The van der Waals surface area contributed by atoms with Crippen LogP contribution >= 0.6 is 0 Å². The number of carbonyl (C=O) groups is 1. The number of aromatic amines is 1. The van der Waals surface area contributed by atoms with Crippen LogP contribution in [0.5, 0.6) is 0 Å². The number of amides is 1. The van der Waals surface area contributed by atoms with Crippen LogP contribution in [0.1, 0.15) is 24.8 Å². The van der Waals surface area contributed by atoms with Gasteiger partial charge in [-0.05, 0) is 12.0 Å². The summed E-state index contributed by atoms with van der Waals surface area (Å²) in [4.78, 5) is 35.1. The molecule has 1 aromatic carbocycles.